The molecule has 1 aliphatic rings. The van der Waals surface area contributed by atoms with Crippen molar-refractivity contribution in [2.24, 2.45) is 0 Å². The molecule has 1 aromatic rings. The van der Waals surface area contributed by atoms with E-state index in [1.54, 1.807) is 0 Å². The first-order valence-electron chi connectivity index (χ1n) is 6.21. The maximum Gasteiger partial charge on any atom is 0.339 e. The van der Waals surface area contributed by atoms with E-state index in [0.717, 1.165) is 24.8 Å². The Labute approximate surface area is 107 Å². The molecule has 0 spiro atoms. The molecular formula is C14H18O4. The summed E-state index contributed by atoms with van der Waals surface area (Å²) in [6.45, 7) is 0.688. The molecule has 0 aromatic heterocycles. The van der Waals surface area contributed by atoms with Crippen molar-refractivity contribution in [1.29, 1.82) is 0 Å². The number of carbonyl (C=O) groups excluding carboxylic acids is 1. The minimum Gasteiger partial charge on any atom is -0.467 e. The van der Waals surface area contributed by atoms with Crippen molar-refractivity contribution in [3.05, 3.63) is 35.9 Å². The highest BCUT2D eigenvalue weighted by Gasteiger charge is 2.27. The van der Waals surface area contributed by atoms with Gasteiger partial charge in [0.15, 0.2) is 12.4 Å². The van der Waals surface area contributed by atoms with Gasteiger partial charge in [0.2, 0.25) is 0 Å². The highest BCUT2D eigenvalue weighted by atomic mass is 16.7. The standard InChI is InChI=1S/C14H18O4/c1-16-14(15)13(11-7-3-2-4-8-11)18-12-9-5-6-10-17-12/h2-4,7-8,12-13H,5-6,9-10H2,1H3/t12?,13-/m1/s1. The summed E-state index contributed by atoms with van der Waals surface area (Å²) in [7, 11) is 1.36. The van der Waals surface area contributed by atoms with Gasteiger partial charge in [-0.2, -0.15) is 0 Å². The zero-order valence-corrected chi connectivity index (χ0v) is 10.5. The largest absolute Gasteiger partial charge is 0.467 e. The van der Waals surface area contributed by atoms with Gasteiger partial charge in [0.1, 0.15) is 0 Å². The number of esters is 1. The average molecular weight is 250 g/mol. The molecule has 0 bridgehead atoms. The van der Waals surface area contributed by atoms with Crippen molar-refractivity contribution in [2.45, 2.75) is 31.7 Å². The summed E-state index contributed by atoms with van der Waals surface area (Å²) in [5, 5.41) is 0. The third-order valence-corrected chi connectivity index (χ3v) is 2.94. The molecule has 2 rings (SSSR count). The van der Waals surface area contributed by atoms with Gasteiger partial charge >= 0.3 is 5.97 Å². The number of methoxy groups -OCH3 is 1. The van der Waals surface area contributed by atoms with Crippen molar-refractivity contribution in [3.63, 3.8) is 0 Å². The van der Waals surface area contributed by atoms with E-state index in [4.69, 9.17) is 14.2 Å². The molecule has 4 heteroatoms. The van der Waals surface area contributed by atoms with Gasteiger partial charge in [-0.1, -0.05) is 30.3 Å². The van der Waals surface area contributed by atoms with Gasteiger partial charge in [-0.3, -0.25) is 0 Å². The summed E-state index contributed by atoms with van der Waals surface area (Å²) in [6, 6.07) is 9.34. The summed E-state index contributed by atoms with van der Waals surface area (Å²) < 4.78 is 16.0. The highest BCUT2D eigenvalue weighted by Crippen LogP contribution is 2.24. The number of rotatable bonds is 4. The molecule has 1 fully saturated rings. The predicted molar refractivity (Wildman–Crippen MR) is 65.9 cm³/mol. The van der Waals surface area contributed by atoms with Crippen molar-refractivity contribution in [3.8, 4) is 0 Å². The topological polar surface area (TPSA) is 44.8 Å². The number of carbonyl (C=O) groups is 1. The number of hydrogen-bond acceptors (Lipinski definition) is 4. The Morgan fingerprint density at radius 2 is 2.11 bits per heavy atom. The van der Waals surface area contributed by atoms with Crippen LogP contribution in [0.2, 0.25) is 0 Å². The molecule has 0 saturated carbocycles. The van der Waals surface area contributed by atoms with Gasteiger partial charge in [-0.25, -0.2) is 4.79 Å². The Morgan fingerprint density at radius 1 is 1.33 bits per heavy atom. The molecule has 0 radical (unpaired) electrons. The third-order valence-electron chi connectivity index (χ3n) is 2.94. The van der Waals surface area contributed by atoms with Gasteiger partial charge in [-0.05, 0) is 24.8 Å². The van der Waals surface area contributed by atoms with E-state index in [1.807, 2.05) is 30.3 Å². The second kappa shape index (κ2) is 6.52. The summed E-state index contributed by atoms with van der Waals surface area (Å²) in [5.41, 5.74) is 0.790. The van der Waals surface area contributed by atoms with Crippen LogP contribution in [0.25, 0.3) is 0 Å². The molecule has 4 nitrogen and oxygen atoms in total. The first kappa shape index (κ1) is 13.1. The normalized spacial score (nSPS) is 21.3. The molecule has 0 N–H and O–H groups in total. The molecular weight excluding hydrogens is 232 g/mol. The summed E-state index contributed by atoms with van der Waals surface area (Å²) in [4.78, 5) is 11.8. The molecule has 1 saturated heterocycles. The Hall–Kier alpha value is -1.39. The number of benzene rings is 1. The highest BCUT2D eigenvalue weighted by molar-refractivity contribution is 5.76. The van der Waals surface area contributed by atoms with Gasteiger partial charge in [0.05, 0.1) is 7.11 Å². The lowest BCUT2D eigenvalue weighted by Gasteiger charge is -2.26. The van der Waals surface area contributed by atoms with E-state index in [9.17, 15) is 4.79 Å². The Kier molecular flexibility index (Phi) is 4.73. The van der Waals surface area contributed by atoms with Gasteiger partial charge in [-0.15, -0.1) is 0 Å². The van der Waals surface area contributed by atoms with Crippen LogP contribution >= 0.6 is 0 Å². The maximum atomic E-state index is 11.8. The zero-order valence-electron chi connectivity index (χ0n) is 10.5. The molecule has 0 amide bonds. The molecule has 0 aliphatic carbocycles. The van der Waals surface area contributed by atoms with Crippen LogP contribution in [-0.2, 0) is 19.0 Å². The van der Waals surface area contributed by atoms with Crippen LogP contribution < -0.4 is 0 Å². The molecule has 18 heavy (non-hydrogen) atoms. The molecule has 1 aromatic carbocycles. The Bertz CT molecular complexity index is 371. The average Bonchev–Trinajstić information content (AvgIpc) is 2.46. The van der Waals surface area contributed by atoms with Crippen LogP contribution in [0.5, 0.6) is 0 Å². The van der Waals surface area contributed by atoms with Gasteiger partial charge in [0.25, 0.3) is 0 Å². The van der Waals surface area contributed by atoms with Crippen LogP contribution in [-0.4, -0.2) is 26.0 Å². The van der Waals surface area contributed by atoms with E-state index in [0.29, 0.717) is 6.61 Å². The van der Waals surface area contributed by atoms with E-state index >= 15 is 0 Å². The molecule has 1 unspecified atom stereocenters. The third kappa shape index (κ3) is 3.31. The van der Waals surface area contributed by atoms with Crippen molar-refractivity contribution >= 4 is 5.97 Å². The quantitative estimate of drug-likeness (QED) is 0.770. The molecule has 98 valence electrons. The maximum absolute atomic E-state index is 11.8. The SMILES string of the molecule is COC(=O)[C@H](OC1CCCCO1)c1ccccc1. The van der Waals surface area contributed by atoms with Gasteiger partial charge in [0, 0.05) is 6.61 Å². The molecule has 1 aliphatic heterocycles. The number of hydrogen-bond donors (Lipinski definition) is 0. The van der Waals surface area contributed by atoms with E-state index in [2.05, 4.69) is 0 Å². The Morgan fingerprint density at radius 3 is 2.72 bits per heavy atom. The van der Waals surface area contributed by atoms with Crippen molar-refractivity contribution in [1.82, 2.24) is 0 Å². The van der Waals surface area contributed by atoms with Crippen LogP contribution in [0.4, 0.5) is 0 Å². The second-order valence-corrected chi connectivity index (χ2v) is 4.25. The van der Waals surface area contributed by atoms with Crippen molar-refractivity contribution < 1.29 is 19.0 Å². The van der Waals surface area contributed by atoms with Gasteiger partial charge < -0.3 is 14.2 Å². The fourth-order valence-electron chi connectivity index (χ4n) is 1.98. The number of ether oxygens (including phenoxy) is 3. The second-order valence-electron chi connectivity index (χ2n) is 4.25. The lowest BCUT2D eigenvalue weighted by Crippen LogP contribution is -2.28. The van der Waals surface area contributed by atoms with E-state index in [1.165, 1.54) is 7.11 Å². The minimum absolute atomic E-state index is 0.317. The first-order chi connectivity index (χ1) is 8.81. The van der Waals surface area contributed by atoms with Crippen LogP contribution in [0, 0.1) is 0 Å². The summed E-state index contributed by atoms with van der Waals surface area (Å²) >= 11 is 0. The predicted octanol–water partition coefficient (Wildman–Crippen LogP) is 2.44. The molecule has 2 atom stereocenters. The van der Waals surface area contributed by atoms with Crippen molar-refractivity contribution in [2.75, 3.05) is 13.7 Å². The monoisotopic (exact) mass is 250 g/mol. The minimum atomic E-state index is -0.709. The Balaban J connectivity index is 2.07. The van der Waals surface area contributed by atoms with Crippen LogP contribution in [0.15, 0.2) is 30.3 Å². The lowest BCUT2D eigenvalue weighted by molar-refractivity contribution is -0.204. The summed E-state index contributed by atoms with van der Waals surface area (Å²) in [6.07, 6.45) is 1.91. The summed E-state index contributed by atoms with van der Waals surface area (Å²) in [5.74, 6) is -0.393. The molecule has 1 heterocycles. The fraction of sp³-hybridized carbons (Fsp3) is 0.500. The first-order valence-corrected chi connectivity index (χ1v) is 6.21. The van der Waals surface area contributed by atoms with E-state index in [-0.39, 0.29) is 6.29 Å². The lowest BCUT2D eigenvalue weighted by atomic mass is 10.1. The zero-order chi connectivity index (χ0) is 12.8. The fourth-order valence-corrected chi connectivity index (χ4v) is 1.98. The van der Waals surface area contributed by atoms with Crippen LogP contribution in [0.3, 0.4) is 0 Å². The van der Waals surface area contributed by atoms with Crippen LogP contribution in [0.1, 0.15) is 30.9 Å². The van der Waals surface area contributed by atoms with E-state index < -0.39 is 12.1 Å². The smallest absolute Gasteiger partial charge is 0.339 e.